The van der Waals surface area contributed by atoms with E-state index in [9.17, 15) is 9.59 Å². The Morgan fingerprint density at radius 3 is 2.88 bits per heavy atom. The zero-order chi connectivity index (χ0) is 23.9. The number of H-pyrrole nitrogens is 1. The first-order valence-corrected chi connectivity index (χ1v) is 12.1. The molecule has 2 N–H and O–H groups in total. The van der Waals surface area contributed by atoms with E-state index < -0.39 is 0 Å². The van der Waals surface area contributed by atoms with Crippen molar-refractivity contribution in [1.29, 1.82) is 0 Å². The van der Waals surface area contributed by atoms with E-state index in [1.165, 1.54) is 36.7 Å². The van der Waals surface area contributed by atoms with Gasteiger partial charge in [-0.15, -0.1) is 0 Å². The Hall–Kier alpha value is -3.04. The normalized spacial score (nSPS) is 14.3. The van der Waals surface area contributed by atoms with Crippen LogP contribution in [0.1, 0.15) is 48.9 Å². The van der Waals surface area contributed by atoms with Crippen LogP contribution in [0, 0.1) is 10.7 Å². The predicted octanol–water partition coefficient (Wildman–Crippen LogP) is 4.70. The predicted molar refractivity (Wildman–Crippen MR) is 134 cm³/mol. The molecule has 1 aliphatic rings. The van der Waals surface area contributed by atoms with Gasteiger partial charge in [-0.2, -0.15) is 0 Å². The second-order valence-electron chi connectivity index (χ2n) is 8.61. The number of benzene rings is 1. The molecule has 0 bridgehead atoms. The van der Waals surface area contributed by atoms with Crippen LogP contribution in [0.15, 0.2) is 41.3 Å². The van der Waals surface area contributed by atoms with Gasteiger partial charge in [0.15, 0.2) is 16.3 Å². The minimum absolute atomic E-state index is 0.190. The van der Waals surface area contributed by atoms with Crippen molar-refractivity contribution in [2.45, 2.75) is 45.1 Å². The van der Waals surface area contributed by atoms with E-state index in [-0.39, 0.29) is 11.5 Å². The molecule has 0 radical (unpaired) electrons. The van der Waals surface area contributed by atoms with Crippen LogP contribution in [0.5, 0.6) is 5.75 Å². The monoisotopic (exact) mass is 482 g/mol. The Bertz CT molecular complexity index is 1260. The van der Waals surface area contributed by atoms with Crippen molar-refractivity contribution in [3.63, 3.8) is 0 Å². The first kappa shape index (κ1) is 24.1. The number of anilines is 1. The SMILES string of the molecule is COCCCn1c(=S)[nH]c2cc(C(=O)Nc3ncccc3OCC3CCCCC3)ccc2c1=O. The minimum Gasteiger partial charge on any atom is -0.489 e. The van der Waals surface area contributed by atoms with E-state index in [4.69, 9.17) is 21.7 Å². The number of nitrogens with zero attached hydrogens (tertiary/aromatic N) is 2. The van der Waals surface area contributed by atoms with Gasteiger partial charge in [0, 0.05) is 32.0 Å². The molecule has 180 valence electrons. The maximum atomic E-state index is 13.0. The van der Waals surface area contributed by atoms with Gasteiger partial charge in [-0.05, 0) is 67.7 Å². The Balaban J connectivity index is 1.50. The topological polar surface area (TPSA) is 98.2 Å². The summed E-state index contributed by atoms with van der Waals surface area (Å²) in [6, 6.07) is 8.51. The Morgan fingerprint density at radius 1 is 1.26 bits per heavy atom. The number of aromatic amines is 1. The molecule has 1 aliphatic carbocycles. The minimum atomic E-state index is -0.341. The lowest BCUT2D eigenvalue weighted by molar-refractivity contribution is 0.102. The standard InChI is InChI=1S/C25H30N4O4S/c1-32-14-6-13-29-24(31)19-11-10-18(15-20(19)27-25(29)34)23(30)28-22-21(9-5-12-26-22)33-16-17-7-3-2-4-8-17/h5,9-12,15,17H,2-4,6-8,13-14,16H2,1H3,(H,27,34)(H,26,28,30). The molecule has 34 heavy (non-hydrogen) atoms. The molecule has 1 fully saturated rings. The van der Waals surface area contributed by atoms with Crippen molar-refractivity contribution in [1.82, 2.24) is 14.5 Å². The number of pyridine rings is 1. The van der Waals surface area contributed by atoms with Crippen molar-refractivity contribution in [2.75, 3.05) is 25.6 Å². The van der Waals surface area contributed by atoms with Gasteiger partial charge >= 0.3 is 0 Å². The first-order chi connectivity index (χ1) is 16.6. The highest BCUT2D eigenvalue weighted by Crippen LogP contribution is 2.27. The summed E-state index contributed by atoms with van der Waals surface area (Å²) >= 11 is 5.37. The number of hydrogen-bond acceptors (Lipinski definition) is 6. The van der Waals surface area contributed by atoms with Crippen LogP contribution in [0.25, 0.3) is 10.9 Å². The van der Waals surface area contributed by atoms with Gasteiger partial charge in [0.05, 0.1) is 17.5 Å². The van der Waals surface area contributed by atoms with Crippen LogP contribution in [0.4, 0.5) is 5.82 Å². The fourth-order valence-electron chi connectivity index (χ4n) is 4.31. The number of aromatic nitrogens is 3. The summed E-state index contributed by atoms with van der Waals surface area (Å²) in [5.41, 5.74) is 0.712. The molecule has 2 heterocycles. The molecule has 1 saturated carbocycles. The molecule has 0 spiro atoms. The number of carbonyl (C=O) groups is 1. The molecule has 0 saturated heterocycles. The zero-order valence-electron chi connectivity index (χ0n) is 19.3. The zero-order valence-corrected chi connectivity index (χ0v) is 20.2. The third-order valence-electron chi connectivity index (χ3n) is 6.18. The molecule has 0 unspecified atom stereocenters. The Labute approximate surface area is 203 Å². The number of hydrogen-bond donors (Lipinski definition) is 2. The third-order valence-corrected chi connectivity index (χ3v) is 6.50. The number of rotatable bonds is 9. The summed E-state index contributed by atoms with van der Waals surface area (Å²) in [6.45, 7) is 1.62. The number of amides is 1. The molecule has 1 aromatic carbocycles. The van der Waals surface area contributed by atoms with Crippen molar-refractivity contribution in [3.8, 4) is 5.75 Å². The van der Waals surface area contributed by atoms with Crippen LogP contribution in [-0.4, -0.2) is 40.8 Å². The van der Waals surface area contributed by atoms with E-state index in [1.807, 2.05) is 6.07 Å². The number of methoxy groups -OCH3 is 1. The summed E-state index contributed by atoms with van der Waals surface area (Å²) in [4.78, 5) is 33.2. The fraction of sp³-hybridized carbons (Fsp3) is 0.440. The lowest BCUT2D eigenvalue weighted by atomic mass is 9.90. The maximum absolute atomic E-state index is 13.0. The highest BCUT2D eigenvalue weighted by molar-refractivity contribution is 7.71. The summed E-state index contributed by atoms with van der Waals surface area (Å²) in [7, 11) is 1.62. The van der Waals surface area contributed by atoms with Gasteiger partial charge in [-0.3, -0.25) is 14.2 Å². The average molecular weight is 483 g/mol. The van der Waals surface area contributed by atoms with E-state index in [2.05, 4.69) is 15.3 Å². The van der Waals surface area contributed by atoms with Gasteiger partial charge in [0.1, 0.15) is 0 Å². The average Bonchev–Trinajstić information content (AvgIpc) is 2.86. The number of carbonyl (C=O) groups excluding carboxylic acids is 1. The second-order valence-corrected chi connectivity index (χ2v) is 9.00. The lowest BCUT2D eigenvalue weighted by Crippen LogP contribution is -2.23. The third kappa shape index (κ3) is 5.71. The van der Waals surface area contributed by atoms with E-state index >= 15 is 0 Å². The van der Waals surface area contributed by atoms with Gasteiger partial charge in [-0.25, -0.2) is 4.98 Å². The molecule has 3 aromatic rings. The highest BCUT2D eigenvalue weighted by Gasteiger charge is 2.17. The quantitative estimate of drug-likeness (QED) is 0.339. The van der Waals surface area contributed by atoms with Crippen molar-refractivity contribution in [3.05, 3.63) is 57.2 Å². The summed E-state index contributed by atoms with van der Waals surface area (Å²) < 4.78 is 12.9. The first-order valence-electron chi connectivity index (χ1n) is 11.7. The Kier molecular flexibility index (Phi) is 8.08. The highest BCUT2D eigenvalue weighted by atomic mass is 32.1. The van der Waals surface area contributed by atoms with Crippen LogP contribution < -0.4 is 15.6 Å². The summed E-state index contributed by atoms with van der Waals surface area (Å²) in [6.07, 6.45) is 8.43. The number of ether oxygens (including phenoxy) is 2. The van der Waals surface area contributed by atoms with Crippen molar-refractivity contribution >= 4 is 34.8 Å². The molecule has 1 amide bonds. The van der Waals surface area contributed by atoms with E-state index in [1.54, 1.807) is 37.6 Å². The van der Waals surface area contributed by atoms with Gasteiger partial charge in [0.25, 0.3) is 11.5 Å². The molecule has 8 nitrogen and oxygen atoms in total. The van der Waals surface area contributed by atoms with Crippen molar-refractivity contribution < 1.29 is 14.3 Å². The van der Waals surface area contributed by atoms with Gasteiger partial charge < -0.3 is 19.8 Å². The largest absolute Gasteiger partial charge is 0.489 e. The molecule has 9 heteroatoms. The maximum Gasteiger partial charge on any atom is 0.262 e. The van der Waals surface area contributed by atoms with E-state index in [0.29, 0.717) is 64.9 Å². The van der Waals surface area contributed by atoms with Gasteiger partial charge in [0.2, 0.25) is 0 Å². The fourth-order valence-corrected chi connectivity index (χ4v) is 4.59. The number of fused-ring (bicyclic) bond motifs is 1. The van der Waals surface area contributed by atoms with Crippen LogP contribution in [-0.2, 0) is 11.3 Å². The smallest absolute Gasteiger partial charge is 0.262 e. The molecule has 0 atom stereocenters. The summed E-state index contributed by atoms with van der Waals surface area (Å²) in [5, 5.41) is 3.31. The molecule has 0 aliphatic heterocycles. The van der Waals surface area contributed by atoms with Crippen molar-refractivity contribution in [2.24, 2.45) is 5.92 Å². The van der Waals surface area contributed by atoms with E-state index in [0.717, 1.165) is 0 Å². The van der Waals surface area contributed by atoms with Crippen LogP contribution in [0.2, 0.25) is 0 Å². The molecule has 4 rings (SSSR count). The Morgan fingerprint density at radius 2 is 2.09 bits per heavy atom. The molecular formula is C25H30N4O4S. The number of nitrogens with one attached hydrogen (secondary N) is 2. The lowest BCUT2D eigenvalue weighted by Gasteiger charge is -2.22. The van der Waals surface area contributed by atoms with Crippen LogP contribution >= 0.6 is 12.2 Å². The second kappa shape index (κ2) is 11.4. The van der Waals surface area contributed by atoms with Crippen LogP contribution in [0.3, 0.4) is 0 Å². The molecule has 2 aromatic heterocycles. The van der Waals surface area contributed by atoms with Gasteiger partial charge in [-0.1, -0.05) is 19.3 Å². The summed E-state index contributed by atoms with van der Waals surface area (Å²) in [5.74, 6) is 1.14. The molecular weight excluding hydrogens is 452 g/mol.